The number of hydrogen-bond donors (Lipinski definition) is 0. The minimum Gasteiger partial charge on any atom is -0.263 e. The maximum Gasteiger partial charge on any atom is 0.0432 e. The van der Waals surface area contributed by atoms with Gasteiger partial charge in [0.25, 0.3) is 0 Å². The van der Waals surface area contributed by atoms with E-state index in [1.165, 1.54) is 0 Å². The highest BCUT2D eigenvalue weighted by Gasteiger charge is 1.84. The summed E-state index contributed by atoms with van der Waals surface area (Å²) in [6, 6.07) is 14.3. The van der Waals surface area contributed by atoms with Gasteiger partial charge in [0.2, 0.25) is 0 Å². The van der Waals surface area contributed by atoms with Gasteiger partial charge in [-0.2, -0.15) is 0 Å². The Balaban J connectivity index is 2.24. The van der Waals surface area contributed by atoms with Gasteiger partial charge in [0.1, 0.15) is 0 Å². The zero-order chi connectivity index (χ0) is 9.64. The molecule has 1 nitrogen and oxygen atoms in total. The first kappa shape index (κ1) is 8.52. The van der Waals surface area contributed by atoms with E-state index in [2.05, 4.69) is 22.9 Å². The van der Waals surface area contributed by atoms with E-state index >= 15 is 0 Å². The van der Waals surface area contributed by atoms with Crippen LogP contribution in [0.5, 0.6) is 0 Å². The maximum atomic E-state index is 3.99. The minimum atomic E-state index is 0.931. The molecule has 0 bridgehead atoms. The summed E-state index contributed by atoms with van der Waals surface area (Å²) in [5.41, 5.74) is 1.92. The number of nitrogens with zero attached hydrogens (tertiary/aromatic N) is 1. The molecule has 14 heavy (non-hydrogen) atoms. The van der Waals surface area contributed by atoms with Gasteiger partial charge in [-0.1, -0.05) is 24.0 Å². The predicted octanol–water partition coefficient (Wildman–Crippen LogP) is 2.28. The smallest absolute Gasteiger partial charge is 0.0432 e. The Labute approximate surface area is 83.4 Å². The maximum absolute atomic E-state index is 3.99. The van der Waals surface area contributed by atoms with Crippen molar-refractivity contribution < 1.29 is 0 Å². The van der Waals surface area contributed by atoms with E-state index in [0.717, 1.165) is 11.1 Å². The topological polar surface area (TPSA) is 12.9 Å². The summed E-state index contributed by atoms with van der Waals surface area (Å²) in [5.74, 6) is 6.09. The predicted molar refractivity (Wildman–Crippen MR) is 55.5 cm³/mol. The molecule has 0 aliphatic heterocycles. The average molecular weight is 178 g/mol. The highest BCUT2D eigenvalue weighted by molar-refractivity contribution is 5.41. The lowest BCUT2D eigenvalue weighted by atomic mass is 10.2. The zero-order valence-electron chi connectivity index (χ0n) is 7.57. The number of benzene rings is 1. The number of rotatable bonds is 0. The molecule has 0 aliphatic carbocycles. The van der Waals surface area contributed by atoms with Crippen LogP contribution in [0, 0.1) is 17.9 Å². The molecule has 1 aromatic carbocycles. The van der Waals surface area contributed by atoms with E-state index in [1.54, 1.807) is 12.4 Å². The molecule has 1 aromatic heterocycles. The quantitative estimate of drug-likeness (QED) is 0.564. The fraction of sp³-hybridized carbons (Fsp3) is 0. The second-order valence-corrected chi connectivity index (χ2v) is 2.78. The molecular weight excluding hydrogens is 170 g/mol. The van der Waals surface area contributed by atoms with Crippen LogP contribution in [0.2, 0.25) is 0 Å². The first-order valence-corrected chi connectivity index (χ1v) is 4.33. The molecule has 65 valence electrons. The lowest BCUT2D eigenvalue weighted by Gasteiger charge is -1.87. The van der Waals surface area contributed by atoms with E-state index < -0.39 is 0 Å². The second-order valence-electron chi connectivity index (χ2n) is 2.78. The fourth-order valence-corrected chi connectivity index (χ4v) is 1.05. The second kappa shape index (κ2) is 4.25. The van der Waals surface area contributed by atoms with Gasteiger partial charge in [-0.25, -0.2) is 0 Å². The molecule has 0 N–H and O–H groups in total. The lowest BCUT2D eigenvalue weighted by Crippen LogP contribution is -1.76. The van der Waals surface area contributed by atoms with Crippen LogP contribution in [0.4, 0.5) is 0 Å². The van der Waals surface area contributed by atoms with E-state index in [1.807, 2.05) is 36.4 Å². The molecule has 1 heterocycles. The van der Waals surface area contributed by atoms with Crippen LogP contribution in [0.15, 0.2) is 48.8 Å². The van der Waals surface area contributed by atoms with Crippen molar-refractivity contribution in [3.8, 4) is 11.8 Å². The first-order valence-electron chi connectivity index (χ1n) is 4.33. The van der Waals surface area contributed by atoms with Gasteiger partial charge < -0.3 is 0 Å². The molecule has 2 aromatic rings. The van der Waals surface area contributed by atoms with Crippen LogP contribution < -0.4 is 0 Å². The number of hydrogen-bond acceptors (Lipinski definition) is 1. The van der Waals surface area contributed by atoms with Crippen molar-refractivity contribution >= 4 is 0 Å². The lowest BCUT2D eigenvalue weighted by molar-refractivity contribution is 1.31. The highest BCUT2D eigenvalue weighted by atomic mass is 14.6. The Morgan fingerprint density at radius 1 is 1.00 bits per heavy atom. The van der Waals surface area contributed by atoms with Gasteiger partial charge in [-0.15, -0.1) is 0 Å². The molecule has 2 rings (SSSR count). The Hall–Kier alpha value is -2.07. The molecule has 1 radical (unpaired) electrons. The van der Waals surface area contributed by atoms with Crippen LogP contribution in [-0.2, 0) is 0 Å². The summed E-state index contributed by atoms with van der Waals surface area (Å²) in [6.07, 6.45) is 3.49. The van der Waals surface area contributed by atoms with Crippen molar-refractivity contribution in [2.45, 2.75) is 0 Å². The average Bonchev–Trinajstić information content (AvgIpc) is 2.29. The van der Waals surface area contributed by atoms with Crippen LogP contribution in [-0.4, -0.2) is 4.98 Å². The number of pyridine rings is 1. The fourth-order valence-electron chi connectivity index (χ4n) is 1.05. The van der Waals surface area contributed by atoms with Gasteiger partial charge >= 0.3 is 0 Å². The largest absolute Gasteiger partial charge is 0.263 e. The normalized spacial score (nSPS) is 8.86. The molecular formula is C13H8N. The Bertz CT molecular complexity index is 405. The molecule has 0 spiro atoms. The van der Waals surface area contributed by atoms with E-state index in [4.69, 9.17) is 0 Å². The zero-order valence-corrected chi connectivity index (χ0v) is 7.57. The van der Waals surface area contributed by atoms with Crippen molar-refractivity contribution in [1.29, 1.82) is 0 Å². The monoisotopic (exact) mass is 178 g/mol. The Morgan fingerprint density at radius 3 is 2.50 bits per heavy atom. The SMILES string of the molecule is C(#Cc1cccnc1)c1cc[c]cc1. The molecule has 0 saturated carbocycles. The van der Waals surface area contributed by atoms with Crippen LogP contribution in [0.25, 0.3) is 0 Å². The minimum absolute atomic E-state index is 0.931. The summed E-state index contributed by atoms with van der Waals surface area (Å²) in [4.78, 5) is 3.99. The summed E-state index contributed by atoms with van der Waals surface area (Å²) < 4.78 is 0. The summed E-state index contributed by atoms with van der Waals surface area (Å²) in [5, 5.41) is 0. The van der Waals surface area contributed by atoms with Crippen LogP contribution >= 0.6 is 0 Å². The third kappa shape index (κ3) is 2.21. The van der Waals surface area contributed by atoms with Crippen LogP contribution in [0.3, 0.4) is 0 Å². The van der Waals surface area contributed by atoms with Gasteiger partial charge in [0.05, 0.1) is 0 Å². The van der Waals surface area contributed by atoms with Crippen molar-refractivity contribution in [2.24, 2.45) is 0 Å². The standard InChI is InChI=1S/C13H8N/c1-2-5-12(6-3-1)8-9-13-7-4-10-14-11-13/h2-7,10-11H. The highest BCUT2D eigenvalue weighted by Crippen LogP contribution is 1.96. The van der Waals surface area contributed by atoms with Gasteiger partial charge in [-0.3, -0.25) is 4.98 Å². The van der Waals surface area contributed by atoms with E-state index in [0.29, 0.717) is 0 Å². The van der Waals surface area contributed by atoms with Crippen molar-refractivity contribution in [3.05, 3.63) is 66.0 Å². The van der Waals surface area contributed by atoms with Gasteiger partial charge in [-0.05, 0) is 30.3 Å². The van der Waals surface area contributed by atoms with E-state index in [-0.39, 0.29) is 0 Å². The first-order chi connectivity index (χ1) is 6.95. The van der Waals surface area contributed by atoms with Crippen molar-refractivity contribution in [1.82, 2.24) is 4.98 Å². The third-order valence-electron chi connectivity index (χ3n) is 1.73. The molecule has 0 fully saturated rings. The Morgan fingerprint density at radius 2 is 1.79 bits per heavy atom. The Kier molecular flexibility index (Phi) is 2.59. The van der Waals surface area contributed by atoms with Gasteiger partial charge in [0.15, 0.2) is 0 Å². The van der Waals surface area contributed by atoms with Crippen LogP contribution in [0.1, 0.15) is 11.1 Å². The molecule has 0 atom stereocenters. The molecule has 0 aliphatic rings. The van der Waals surface area contributed by atoms with E-state index in [9.17, 15) is 0 Å². The van der Waals surface area contributed by atoms with Crippen molar-refractivity contribution in [3.63, 3.8) is 0 Å². The molecule has 0 saturated heterocycles. The van der Waals surface area contributed by atoms with Crippen molar-refractivity contribution in [2.75, 3.05) is 0 Å². The summed E-state index contributed by atoms with van der Waals surface area (Å²) >= 11 is 0. The summed E-state index contributed by atoms with van der Waals surface area (Å²) in [6.45, 7) is 0. The van der Waals surface area contributed by atoms with Gasteiger partial charge in [0, 0.05) is 23.5 Å². The molecule has 0 amide bonds. The molecule has 1 heteroatoms. The summed E-state index contributed by atoms with van der Waals surface area (Å²) in [7, 11) is 0. The molecule has 0 unspecified atom stereocenters. The number of aromatic nitrogens is 1. The third-order valence-corrected chi connectivity index (χ3v) is 1.73.